The third kappa shape index (κ3) is 4.15. The minimum Gasteiger partial charge on any atom is -0.348 e. The van der Waals surface area contributed by atoms with E-state index in [4.69, 9.17) is 4.98 Å². The molecule has 0 aliphatic heterocycles. The van der Waals surface area contributed by atoms with Crippen LogP contribution in [0, 0.1) is 5.82 Å². The van der Waals surface area contributed by atoms with Gasteiger partial charge in [-0.3, -0.25) is 4.79 Å². The Hall–Kier alpha value is -3.31. The Kier molecular flexibility index (Phi) is 5.26. The van der Waals surface area contributed by atoms with Crippen LogP contribution >= 0.6 is 11.3 Å². The van der Waals surface area contributed by atoms with Gasteiger partial charge < -0.3 is 5.32 Å². The lowest BCUT2D eigenvalue weighted by Gasteiger charge is -2.06. The molecule has 0 aliphatic carbocycles. The van der Waals surface area contributed by atoms with Crippen molar-refractivity contribution in [2.75, 3.05) is 0 Å². The maximum Gasteiger partial charge on any atom is 0.251 e. The molecule has 0 aliphatic rings. The quantitative estimate of drug-likeness (QED) is 0.487. The fourth-order valence-electron chi connectivity index (χ4n) is 2.80. The molecule has 28 heavy (non-hydrogen) atoms. The third-order valence-electron chi connectivity index (χ3n) is 4.33. The van der Waals surface area contributed by atoms with Crippen LogP contribution < -0.4 is 5.32 Å². The zero-order valence-corrected chi connectivity index (χ0v) is 15.7. The number of hydrogen-bond donors (Lipinski definition) is 1. The molecule has 1 N–H and O–H groups in total. The number of carbonyl (C=O) groups is 1. The molecule has 1 heterocycles. The predicted molar refractivity (Wildman–Crippen MR) is 111 cm³/mol. The van der Waals surface area contributed by atoms with Gasteiger partial charge in [-0.1, -0.05) is 54.6 Å². The molecule has 0 saturated carbocycles. The van der Waals surface area contributed by atoms with Gasteiger partial charge in [-0.05, 0) is 29.8 Å². The SMILES string of the molecule is O=C(NCc1ccc(-c2csc(-c3ccccc3)n2)cc1)c1ccc(F)cc1. The standard InChI is InChI=1S/C23H17FN2OS/c24-20-12-10-18(11-13-20)22(27)25-14-16-6-8-17(9-7-16)21-15-28-23(26-21)19-4-2-1-3-5-19/h1-13,15H,14H2,(H,25,27). The van der Waals surface area contributed by atoms with Gasteiger partial charge in [-0.25, -0.2) is 9.37 Å². The van der Waals surface area contributed by atoms with Crippen LogP contribution in [0.4, 0.5) is 4.39 Å². The molecule has 1 amide bonds. The highest BCUT2D eigenvalue weighted by molar-refractivity contribution is 7.13. The van der Waals surface area contributed by atoms with E-state index in [0.29, 0.717) is 12.1 Å². The summed E-state index contributed by atoms with van der Waals surface area (Å²) in [5.74, 6) is -0.583. The molecule has 3 aromatic carbocycles. The maximum atomic E-state index is 12.9. The smallest absolute Gasteiger partial charge is 0.251 e. The van der Waals surface area contributed by atoms with Gasteiger partial charge in [0.15, 0.2) is 0 Å². The summed E-state index contributed by atoms with van der Waals surface area (Å²) in [7, 11) is 0. The van der Waals surface area contributed by atoms with Crippen molar-refractivity contribution in [1.82, 2.24) is 10.3 Å². The third-order valence-corrected chi connectivity index (χ3v) is 5.23. The van der Waals surface area contributed by atoms with E-state index in [1.807, 2.05) is 47.8 Å². The van der Waals surface area contributed by atoms with Gasteiger partial charge in [0.25, 0.3) is 5.91 Å². The fraction of sp³-hybridized carbons (Fsp3) is 0.0435. The molecule has 5 heteroatoms. The Balaban J connectivity index is 1.41. The number of hydrogen-bond acceptors (Lipinski definition) is 3. The van der Waals surface area contributed by atoms with Gasteiger partial charge in [0, 0.05) is 28.6 Å². The fourth-order valence-corrected chi connectivity index (χ4v) is 3.63. The van der Waals surface area contributed by atoms with E-state index in [1.165, 1.54) is 24.3 Å². The molecule has 3 nitrogen and oxygen atoms in total. The Labute approximate surface area is 166 Å². The van der Waals surface area contributed by atoms with Crippen molar-refractivity contribution < 1.29 is 9.18 Å². The van der Waals surface area contributed by atoms with Gasteiger partial charge in [0.1, 0.15) is 10.8 Å². The van der Waals surface area contributed by atoms with E-state index in [2.05, 4.69) is 17.4 Å². The summed E-state index contributed by atoms with van der Waals surface area (Å²) in [6.07, 6.45) is 0. The normalized spacial score (nSPS) is 10.6. The summed E-state index contributed by atoms with van der Waals surface area (Å²) in [4.78, 5) is 16.8. The van der Waals surface area contributed by atoms with Crippen molar-refractivity contribution in [2.45, 2.75) is 6.54 Å². The lowest BCUT2D eigenvalue weighted by atomic mass is 10.1. The number of amides is 1. The second-order valence-electron chi connectivity index (χ2n) is 6.29. The summed E-state index contributed by atoms with van der Waals surface area (Å²) in [6, 6.07) is 23.6. The number of benzene rings is 3. The van der Waals surface area contributed by atoms with Crippen LogP contribution in [0.15, 0.2) is 84.2 Å². The molecule has 0 radical (unpaired) electrons. The number of carbonyl (C=O) groups excluding carboxylic acids is 1. The largest absolute Gasteiger partial charge is 0.348 e. The van der Waals surface area contributed by atoms with Gasteiger partial charge in [0.05, 0.1) is 5.69 Å². The van der Waals surface area contributed by atoms with Gasteiger partial charge in [-0.15, -0.1) is 11.3 Å². The molecular formula is C23H17FN2OS. The Morgan fingerprint density at radius 1 is 0.893 bits per heavy atom. The molecule has 0 saturated heterocycles. The van der Waals surface area contributed by atoms with Crippen LogP contribution in [0.5, 0.6) is 0 Å². The number of rotatable bonds is 5. The van der Waals surface area contributed by atoms with E-state index >= 15 is 0 Å². The zero-order valence-electron chi connectivity index (χ0n) is 14.9. The maximum absolute atomic E-state index is 12.9. The van der Waals surface area contributed by atoms with Gasteiger partial charge >= 0.3 is 0 Å². The van der Waals surface area contributed by atoms with Crippen molar-refractivity contribution in [3.8, 4) is 21.8 Å². The van der Waals surface area contributed by atoms with E-state index < -0.39 is 0 Å². The minimum atomic E-state index is -0.357. The zero-order chi connectivity index (χ0) is 19.3. The highest BCUT2D eigenvalue weighted by Gasteiger charge is 2.08. The second kappa shape index (κ2) is 8.15. The van der Waals surface area contributed by atoms with Crippen LogP contribution in [0.2, 0.25) is 0 Å². The highest BCUT2D eigenvalue weighted by atomic mass is 32.1. The molecule has 0 unspecified atom stereocenters. The first-order valence-corrected chi connectivity index (χ1v) is 9.71. The number of thiazole rings is 1. The molecule has 138 valence electrons. The topological polar surface area (TPSA) is 42.0 Å². The number of nitrogens with one attached hydrogen (secondary N) is 1. The lowest BCUT2D eigenvalue weighted by molar-refractivity contribution is 0.0951. The van der Waals surface area contributed by atoms with Crippen molar-refractivity contribution in [3.63, 3.8) is 0 Å². The first-order valence-electron chi connectivity index (χ1n) is 8.83. The van der Waals surface area contributed by atoms with E-state index in [0.717, 1.165) is 27.4 Å². The van der Waals surface area contributed by atoms with Gasteiger partial charge in [-0.2, -0.15) is 0 Å². The Morgan fingerprint density at radius 2 is 1.61 bits per heavy atom. The molecule has 1 aromatic heterocycles. The van der Waals surface area contributed by atoms with E-state index in [-0.39, 0.29) is 11.7 Å². The van der Waals surface area contributed by atoms with Crippen molar-refractivity contribution in [3.05, 3.63) is 101 Å². The van der Waals surface area contributed by atoms with E-state index in [1.54, 1.807) is 11.3 Å². The molecule has 0 bridgehead atoms. The average Bonchev–Trinajstić information content (AvgIpc) is 3.24. The number of halogens is 1. The minimum absolute atomic E-state index is 0.226. The van der Waals surface area contributed by atoms with Crippen LogP contribution in [0.25, 0.3) is 21.8 Å². The van der Waals surface area contributed by atoms with Crippen LogP contribution in [-0.2, 0) is 6.54 Å². The molecular weight excluding hydrogens is 371 g/mol. The summed E-state index contributed by atoms with van der Waals surface area (Å²) >= 11 is 1.62. The van der Waals surface area contributed by atoms with Crippen molar-refractivity contribution >= 4 is 17.2 Å². The summed E-state index contributed by atoms with van der Waals surface area (Å²) < 4.78 is 12.9. The summed E-state index contributed by atoms with van der Waals surface area (Å²) in [5, 5.41) is 5.89. The Morgan fingerprint density at radius 3 is 2.32 bits per heavy atom. The molecule has 0 atom stereocenters. The van der Waals surface area contributed by atoms with Crippen LogP contribution in [-0.4, -0.2) is 10.9 Å². The predicted octanol–water partition coefficient (Wildman–Crippen LogP) is 5.55. The molecule has 4 rings (SSSR count). The lowest BCUT2D eigenvalue weighted by Crippen LogP contribution is -2.22. The van der Waals surface area contributed by atoms with Crippen molar-refractivity contribution in [1.29, 1.82) is 0 Å². The van der Waals surface area contributed by atoms with Gasteiger partial charge in [0.2, 0.25) is 0 Å². The first kappa shape index (κ1) is 18.1. The molecule has 0 fully saturated rings. The second-order valence-corrected chi connectivity index (χ2v) is 7.15. The summed E-state index contributed by atoms with van der Waals surface area (Å²) in [5.41, 5.74) is 4.50. The number of nitrogens with zero attached hydrogens (tertiary/aromatic N) is 1. The highest BCUT2D eigenvalue weighted by Crippen LogP contribution is 2.28. The number of aromatic nitrogens is 1. The summed E-state index contributed by atoms with van der Waals surface area (Å²) in [6.45, 7) is 0.406. The van der Waals surface area contributed by atoms with Crippen LogP contribution in [0.3, 0.4) is 0 Å². The van der Waals surface area contributed by atoms with E-state index in [9.17, 15) is 9.18 Å². The molecule has 4 aromatic rings. The Bertz CT molecular complexity index is 1070. The molecule has 0 spiro atoms. The van der Waals surface area contributed by atoms with Crippen molar-refractivity contribution in [2.24, 2.45) is 0 Å². The average molecular weight is 388 g/mol. The van der Waals surface area contributed by atoms with Crippen LogP contribution in [0.1, 0.15) is 15.9 Å². The first-order chi connectivity index (χ1) is 13.7. The monoisotopic (exact) mass is 388 g/mol.